The van der Waals surface area contributed by atoms with E-state index in [1.807, 2.05) is 25.1 Å². The van der Waals surface area contributed by atoms with E-state index in [1.54, 1.807) is 0 Å². The van der Waals surface area contributed by atoms with E-state index in [9.17, 15) is 9.59 Å². The van der Waals surface area contributed by atoms with Crippen LogP contribution in [-0.4, -0.2) is 17.7 Å². The largest absolute Gasteiger partial charge is 0.326 e. The van der Waals surface area contributed by atoms with Gasteiger partial charge in [-0.25, -0.2) is 0 Å². The van der Waals surface area contributed by atoms with Crippen LogP contribution in [0, 0.1) is 12.8 Å². The number of carbonyl (C=O) groups excluding carboxylic acids is 2. The molecule has 5 heteroatoms. The van der Waals surface area contributed by atoms with Crippen molar-refractivity contribution in [2.24, 2.45) is 5.92 Å². The number of hydrogen-bond acceptors (Lipinski definition) is 2. The summed E-state index contributed by atoms with van der Waals surface area (Å²) in [6.07, 6.45) is 3.01. The second kappa shape index (κ2) is 6.75. The van der Waals surface area contributed by atoms with E-state index in [0.717, 1.165) is 29.8 Å². The minimum Gasteiger partial charge on any atom is -0.326 e. The third kappa shape index (κ3) is 3.97. The minimum atomic E-state index is -0.0561. The highest BCUT2D eigenvalue weighted by molar-refractivity contribution is 6.18. The van der Waals surface area contributed by atoms with Crippen molar-refractivity contribution in [3.8, 4) is 0 Å². The molecule has 0 unspecified atom stereocenters. The monoisotopic (exact) mass is 294 g/mol. The van der Waals surface area contributed by atoms with Crippen LogP contribution in [0.5, 0.6) is 0 Å². The molecule has 0 heterocycles. The molecule has 1 saturated carbocycles. The molecule has 1 aromatic rings. The van der Waals surface area contributed by atoms with Crippen molar-refractivity contribution in [2.75, 3.05) is 16.5 Å². The number of halogens is 1. The first kappa shape index (κ1) is 14.9. The number of benzene rings is 1. The topological polar surface area (TPSA) is 58.2 Å². The van der Waals surface area contributed by atoms with Crippen molar-refractivity contribution in [1.82, 2.24) is 0 Å². The van der Waals surface area contributed by atoms with Crippen LogP contribution in [0.4, 0.5) is 11.4 Å². The average molecular weight is 295 g/mol. The van der Waals surface area contributed by atoms with Gasteiger partial charge in [0.1, 0.15) is 0 Å². The lowest BCUT2D eigenvalue weighted by Gasteiger charge is -2.13. The standard InChI is InChI=1S/C15H19ClN2O2/c1-10-12(17-14(19)6-3-9-16)4-2-5-13(10)18-15(20)11-7-8-11/h2,4-5,11H,3,6-9H2,1H3,(H,17,19)(H,18,20). The zero-order chi connectivity index (χ0) is 14.5. The average Bonchev–Trinajstić information content (AvgIpc) is 3.25. The molecule has 1 aliphatic carbocycles. The fourth-order valence-corrected chi connectivity index (χ4v) is 2.06. The van der Waals surface area contributed by atoms with E-state index in [4.69, 9.17) is 11.6 Å². The fourth-order valence-electron chi connectivity index (χ4n) is 1.93. The van der Waals surface area contributed by atoms with Gasteiger partial charge in [0.15, 0.2) is 0 Å². The molecule has 1 aromatic carbocycles. The van der Waals surface area contributed by atoms with Crippen molar-refractivity contribution < 1.29 is 9.59 Å². The first-order valence-corrected chi connectivity index (χ1v) is 7.41. The summed E-state index contributed by atoms with van der Waals surface area (Å²) in [5.74, 6) is 0.652. The lowest BCUT2D eigenvalue weighted by atomic mass is 10.1. The van der Waals surface area contributed by atoms with Crippen molar-refractivity contribution in [3.05, 3.63) is 23.8 Å². The number of hydrogen-bond donors (Lipinski definition) is 2. The Morgan fingerprint density at radius 1 is 1.25 bits per heavy atom. The van der Waals surface area contributed by atoms with Crippen LogP contribution < -0.4 is 10.6 Å². The Kier molecular flexibility index (Phi) is 5.01. The van der Waals surface area contributed by atoms with Crippen molar-refractivity contribution >= 4 is 34.8 Å². The van der Waals surface area contributed by atoms with Gasteiger partial charge in [0.2, 0.25) is 11.8 Å². The summed E-state index contributed by atoms with van der Waals surface area (Å²) in [4.78, 5) is 23.5. The van der Waals surface area contributed by atoms with E-state index < -0.39 is 0 Å². The molecule has 108 valence electrons. The van der Waals surface area contributed by atoms with E-state index in [2.05, 4.69) is 10.6 Å². The second-order valence-electron chi connectivity index (χ2n) is 5.08. The molecule has 20 heavy (non-hydrogen) atoms. The Labute approximate surface area is 123 Å². The van der Waals surface area contributed by atoms with Gasteiger partial charge in [-0.3, -0.25) is 9.59 Å². The Hall–Kier alpha value is -1.55. The summed E-state index contributed by atoms with van der Waals surface area (Å²) in [6, 6.07) is 5.51. The summed E-state index contributed by atoms with van der Waals surface area (Å²) < 4.78 is 0. The van der Waals surface area contributed by atoms with Crippen LogP contribution >= 0.6 is 11.6 Å². The molecule has 0 bridgehead atoms. The van der Waals surface area contributed by atoms with E-state index in [-0.39, 0.29) is 17.7 Å². The highest BCUT2D eigenvalue weighted by atomic mass is 35.5. The molecule has 2 amide bonds. The van der Waals surface area contributed by atoms with Gasteiger partial charge in [0, 0.05) is 29.6 Å². The van der Waals surface area contributed by atoms with Gasteiger partial charge in [0.05, 0.1) is 0 Å². The summed E-state index contributed by atoms with van der Waals surface area (Å²) in [5, 5.41) is 5.77. The zero-order valence-corrected chi connectivity index (χ0v) is 12.3. The molecular formula is C15H19ClN2O2. The Morgan fingerprint density at radius 3 is 2.50 bits per heavy atom. The number of rotatable bonds is 6. The molecule has 0 aromatic heterocycles. The molecule has 2 N–H and O–H groups in total. The molecule has 1 aliphatic rings. The van der Waals surface area contributed by atoms with E-state index in [1.165, 1.54) is 0 Å². The zero-order valence-electron chi connectivity index (χ0n) is 11.5. The molecule has 0 aliphatic heterocycles. The minimum absolute atomic E-state index is 0.0561. The van der Waals surface area contributed by atoms with Crippen LogP contribution in [0.2, 0.25) is 0 Å². The van der Waals surface area contributed by atoms with Gasteiger partial charge in [-0.2, -0.15) is 0 Å². The first-order valence-electron chi connectivity index (χ1n) is 6.88. The van der Waals surface area contributed by atoms with Crippen LogP contribution in [0.25, 0.3) is 0 Å². The first-order chi connectivity index (χ1) is 9.61. The molecule has 0 atom stereocenters. The molecular weight excluding hydrogens is 276 g/mol. The molecule has 0 spiro atoms. The summed E-state index contributed by atoms with van der Waals surface area (Å²) in [6.45, 7) is 1.89. The Morgan fingerprint density at radius 2 is 1.90 bits per heavy atom. The SMILES string of the molecule is Cc1c(NC(=O)CCCCl)cccc1NC(=O)C1CC1. The second-order valence-corrected chi connectivity index (χ2v) is 5.46. The lowest BCUT2D eigenvalue weighted by Crippen LogP contribution is -2.16. The van der Waals surface area contributed by atoms with Gasteiger partial charge in [-0.15, -0.1) is 11.6 Å². The third-order valence-corrected chi connectivity index (χ3v) is 3.62. The summed E-state index contributed by atoms with van der Waals surface area (Å²) >= 11 is 5.57. The highest BCUT2D eigenvalue weighted by Crippen LogP contribution is 2.31. The number of alkyl halides is 1. The van der Waals surface area contributed by atoms with Gasteiger partial charge < -0.3 is 10.6 Å². The lowest BCUT2D eigenvalue weighted by molar-refractivity contribution is -0.117. The van der Waals surface area contributed by atoms with Crippen LogP contribution in [-0.2, 0) is 9.59 Å². The Balaban J connectivity index is 2.02. The van der Waals surface area contributed by atoms with Crippen LogP contribution in [0.1, 0.15) is 31.2 Å². The van der Waals surface area contributed by atoms with Gasteiger partial charge in [-0.05, 0) is 43.9 Å². The van der Waals surface area contributed by atoms with Gasteiger partial charge in [-0.1, -0.05) is 6.07 Å². The maximum atomic E-state index is 11.8. The van der Waals surface area contributed by atoms with Crippen molar-refractivity contribution in [3.63, 3.8) is 0 Å². The summed E-state index contributed by atoms with van der Waals surface area (Å²) in [7, 11) is 0. The molecule has 1 fully saturated rings. The van der Waals surface area contributed by atoms with E-state index >= 15 is 0 Å². The number of nitrogens with one attached hydrogen (secondary N) is 2. The normalized spacial score (nSPS) is 13.9. The van der Waals surface area contributed by atoms with Crippen LogP contribution in [0.15, 0.2) is 18.2 Å². The molecule has 0 radical (unpaired) electrons. The fraction of sp³-hybridized carbons (Fsp3) is 0.467. The maximum Gasteiger partial charge on any atom is 0.227 e. The van der Waals surface area contributed by atoms with Crippen LogP contribution in [0.3, 0.4) is 0 Å². The Bertz CT molecular complexity index is 513. The molecule has 2 rings (SSSR count). The quantitative estimate of drug-likeness (QED) is 0.791. The highest BCUT2D eigenvalue weighted by Gasteiger charge is 2.29. The number of amides is 2. The maximum absolute atomic E-state index is 11.8. The summed E-state index contributed by atoms with van der Waals surface area (Å²) in [5.41, 5.74) is 2.37. The van der Waals surface area contributed by atoms with Gasteiger partial charge in [0.25, 0.3) is 0 Å². The third-order valence-electron chi connectivity index (χ3n) is 3.35. The number of anilines is 2. The van der Waals surface area contributed by atoms with E-state index in [0.29, 0.717) is 18.7 Å². The molecule has 4 nitrogen and oxygen atoms in total. The van der Waals surface area contributed by atoms with Crippen molar-refractivity contribution in [2.45, 2.75) is 32.6 Å². The van der Waals surface area contributed by atoms with Crippen molar-refractivity contribution in [1.29, 1.82) is 0 Å². The predicted molar refractivity (Wildman–Crippen MR) is 81.1 cm³/mol. The smallest absolute Gasteiger partial charge is 0.227 e. The predicted octanol–water partition coefficient (Wildman–Crippen LogP) is 3.30. The number of carbonyl (C=O) groups is 2. The molecule has 0 saturated heterocycles. The van der Waals surface area contributed by atoms with Gasteiger partial charge >= 0.3 is 0 Å².